The Bertz CT molecular complexity index is 1140. The average Bonchev–Trinajstić information content (AvgIpc) is 2.74. The van der Waals surface area contributed by atoms with Gasteiger partial charge in [0.15, 0.2) is 6.61 Å². The van der Waals surface area contributed by atoms with E-state index in [0.29, 0.717) is 31.5 Å². The van der Waals surface area contributed by atoms with Crippen LogP contribution >= 0.6 is 39.1 Å². The molecule has 4 nitrogen and oxygen atoms in total. The molecule has 0 saturated heterocycles. The highest BCUT2D eigenvalue weighted by molar-refractivity contribution is 9.10. The number of hydrogen-bond donors (Lipinski definition) is 1. The fourth-order valence-electron chi connectivity index (χ4n) is 2.60. The predicted octanol–water partition coefficient (Wildman–Crippen LogP) is 6.84. The van der Waals surface area contributed by atoms with Crippen molar-refractivity contribution < 1.29 is 9.53 Å². The van der Waals surface area contributed by atoms with E-state index in [1.54, 1.807) is 30.3 Å². The van der Waals surface area contributed by atoms with Crippen molar-refractivity contribution >= 4 is 62.4 Å². The molecule has 0 spiro atoms. The second-order valence-electron chi connectivity index (χ2n) is 6.19. The van der Waals surface area contributed by atoms with E-state index in [1.165, 1.54) is 0 Å². The van der Waals surface area contributed by atoms with Crippen molar-refractivity contribution in [2.75, 3.05) is 11.9 Å². The molecule has 0 unspecified atom stereocenters. The molecule has 0 fully saturated rings. The van der Waals surface area contributed by atoms with Gasteiger partial charge in [0.1, 0.15) is 5.75 Å². The lowest BCUT2D eigenvalue weighted by Gasteiger charge is -2.10. The smallest absolute Gasteiger partial charge is 0.262 e. The number of allylic oxidation sites excluding steroid dienone is 1. The number of anilines is 1. The monoisotopic (exact) mass is 500 g/mol. The first kappa shape index (κ1) is 21.9. The van der Waals surface area contributed by atoms with E-state index in [9.17, 15) is 10.1 Å². The van der Waals surface area contributed by atoms with E-state index >= 15 is 0 Å². The molecule has 30 heavy (non-hydrogen) atoms. The summed E-state index contributed by atoms with van der Waals surface area (Å²) in [5, 5.41) is 12.9. The second-order valence-corrected chi connectivity index (χ2v) is 7.86. The Morgan fingerprint density at radius 1 is 1.07 bits per heavy atom. The molecule has 0 aliphatic heterocycles. The molecule has 0 radical (unpaired) electrons. The molecule has 0 aliphatic rings. The Morgan fingerprint density at radius 2 is 1.83 bits per heavy atom. The van der Waals surface area contributed by atoms with Crippen LogP contribution in [0.2, 0.25) is 10.0 Å². The number of hydrogen-bond acceptors (Lipinski definition) is 3. The fourth-order valence-corrected chi connectivity index (χ4v) is 3.41. The normalized spacial score (nSPS) is 10.9. The van der Waals surface area contributed by atoms with Crippen LogP contribution < -0.4 is 10.1 Å². The highest BCUT2D eigenvalue weighted by Crippen LogP contribution is 2.28. The number of nitrogens with one attached hydrogen (secondary N) is 1. The summed E-state index contributed by atoms with van der Waals surface area (Å²) in [6, 6.07) is 21.9. The highest BCUT2D eigenvalue weighted by atomic mass is 79.9. The van der Waals surface area contributed by atoms with Gasteiger partial charge in [0, 0.05) is 5.69 Å². The first-order valence-electron chi connectivity index (χ1n) is 8.81. The Morgan fingerprint density at radius 3 is 2.50 bits per heavy atom. The second kappa shape index (κ2) is 10.3. The third-order valence-corrected chi connectivity index (χ3v) is 5.39. The lowest BCUT2D eigenvalue weighted by Crippen LogP contribution is -2.20. The third kappa shape index (κ3) is 5.87. The van der Waals surface area contributed by atoms with E-state index < -0.39 is 0 Å². The van der Waals surface area contributed by atoms with Gasteiger partial charge in [-0.15, -0.1) is 0 Å². The van der Waals surface area contributed by atoms with Gasteiger partial charge in [-0.1, -0.05) is 59.6 Å². The zero-order valence-corrected chi connectivity index (χ0v) is 18.6. The number of nitriles is 1. The van der Waals surface area contributed by atoms with Gasteiger partial charge in [-0.05, 0) is 63.5 Å². The number of ether oxygens (including phenoxy) is 1. The first-order valence-corrected chi connectivity index (χ1v) is 10.4. The number of amides is 1. The van der Waals surface area contributed by atoms with Crippen LogP contribution in [-0.2, 0) is 4.79 Å². The van der Waals surface area contributed by atoms with Crippen LogP contribution in [-0.4, -0.2) is 12.5 Å². The number of carbonyl (C=O) groups is 1. The number of rotatable bonds is 6. The van der Waals surface area contributed by atoms with Crippen molar-refractivity contribution in [1.82, 2.24) is 0 Å². The van der Waals surface area contributed by atoms with Gasteiger partial charge in [-0.25, -0.2) is 0 Å². The molecule has 0 atom stereocenters. The zero-order chi connectivity index (χ0) is 21.5. The van der Waals surface area contributed by atoms with Gasteiger partial charge in [0.2, 0.25) is 0 Å². The molecule has 7 heteroatoms. The van der Waals surface area contributed by atoms with Crippen molar-refractivity contribution in [3.8, 4) is 11.8 Å². The number of benzene rings is 3. The standard InChI is InChI=1S/C23H15BrCl2N2O2/c24-19-11-15(10-17(13-27)16-4-2-1-3-5-16)6-9-22(19)30-14-23(29)28-18-7-8-20(25)21(26)12-18/h1-12H,14H2,(H,28,29)/b17-10+. The van der Waals surface area contributed by atoms with Gasteiger partial charge in [-0.3, -0.25) is 4.79 Å². The maximum Gasteiger partial charge on any atom is 0.262 e. The SMILES string of the molecule is N#C/C(=C\c1ccc(OCC(=O)Nc2ccc(Cl)c(Cl)c2)c(Br)c1)c1ccccc1. The zero-order valence-electron chi connectivity index (χ0n) is 15.5. The topological polar surface area (TPSA) is 62.1 Å². The number of halogens is 3. The van der Waals surface area contributed by atoms with E-state index in [4.69, 9.17) is 27.9 Å². The summed E-state index contributed by atoms with van der Waals surface area (Å²) in [6.45, 7) is -0.179. The van der Waals surface area contributed by atoms with Crippen LogP contribution in [0, 0.1) is 11.3 Å². The van der Waals surface area contributed by atoms with Gasteiger partial charge < -0.3 is 10.1 Å². The summed E-state index contributed by atoms with van der Waals surface area (Å²) in [5.41, 5.74) is 2.75. The van der Waals surface area contributed by atoms with E-state index in [1.807, 2.05) is 42.5 Å². The highest BCUT2D eigenvalue weighted by Gasteiger charge is 2.09. The maximum absolute atomic E-state index is 12.1. The molecule has 3 rings (SSSR count). The third-order valence-electron chi connectivity index (χ3n) is 4.03. The van der Waals surface area contributed by atoms with Gasteiger partial charge in [-0.2, -0.15) is 5.26 Å². The summed E-state index contributed by atoms with van der Waals surface area (Å²) in [6.07, 6.45) is 1.79. The lowest BCUT2D eigenvalue weighted by atomic mass is 10.0. The van der Waals surface area contributed by atoms with Crippen molar-refractivity contribution in [1.29, 1.82) is 5.26 Å². The molecule has 1 N–H and O–H groups in total. The van der Waals surface area contributed by atoms with Crippen LogP contribution in [0.15, 0.2) is 71.2 Å². The Kier molecular flexibility index (Phi) is 7.53. The quantitative estimate of drug-likeness (QED) is 0.297. The van der Waals surface area contributed by atoms with E-state index in [0.717, 1.165) is 11.1 Å². The molecule has 150 valence electrons. The largest absolute Gasteiger partial charge is 0.483 e. The Hall–Kier alpha value is -2.78. The molecule has 0 heterocycles. The van der Waals surface area contributed by atoms with Gasteiger partial charge >= 0.3 is 0 Å². The molecule has 1 amide bonds. The van der Waals surface area contributed by atoms with Crippen LogP contribution in [0.3, 0.4) is 0 Å². The summed E-state index contributed by atoms with van der Waals surface area (Å²) in [5.74, 6) is 0.176. The fraction of sp³-hybridized carbons (Fsp3) is 0.0435. The van der Waals surface area contributed by atoms with Crippen molar-refractivity contribution in [3.05, 3.63) is 92.4 Å². The number of carbonyl (C=O) groups excluding carboxylic acids is 1. The lowest BCUT2D eigenvalue weighted by molar-refractivity contribution is -0.118. The predicted molar refractivity (Wildman–Crippen MR) is 125 cm³/mol. The molecular weight excluding hydrogens is 487 g/mol. The van der Waals surface area contributed by atoms with Crippen molar-refractivity contribution in [2.45, 2.75) is 0 Å². The van der Waals surface area contributed by atoms with Crippen LogP contribution in [0.1, 0.15) is 11.1 Å². The molecule has 0 bridgehead atoms. The molecule has 0 saturated carbocycles. The maximum atomic E-state index is 12.1. The average molecular weight is 502 g/mol. The summed E-state index contributed by atoms with van der Waals surface area (Å²) in [4.78, 5) is 12.1. The molecule has 3 aromatic carbocycles. The summed E-state index contributed by atoms with van der Waals surface area (Å²) < 4.78 is 6.26. The minimum absolute atomic E-state index is 0.179. The Labute approximate surface area is 192 Å². The molecule has 0 aliphatic carbocycles. The number of nitrogens with zero attached hydrogens (tertiary/aromatic N) is 1. The Balaban J connectivity index is 1.65. The minimum atomic E-state index is -0.333. The molecule has 0 aromatic heterocycles. The van der Waals surface area contributed by atoms with Gasteiger partial charge in [0.25, 0.3) is 5.91 Å². The first-order chi connectivity index (χ1) is 14.5. The molecule has 3 aromatic rings. The van der Waals surface area contributed by atoms with E-state index in [2.05, 4.69) is 27.3 Å². The minimum Gasteiger partial charge on any atom is -0.483 e. The van der Waals surface area contributed by atoms with E-state index in [-0.39, 0.29) is 12.5 Å². The molecular formula is C23H15BrCl2N2O2. The summed E-state index contributed by atoms with van der Waals surface area (Å²) >= 11 is 15.3. The van der Waals surface area contributed by atoms with Crippen LogP contribution in [0.5, 0.6) is 5.75 Å². The van der Waals surface area contributed by atoms with Crippen LogP contribution in [0.4, 0.5) is 5.69 Å². The van der Waals surface area contributed by atoms with Gasteiger partial charge in [0.05, 0.1) is 26.2 Å². The van der Waals surface area contributed by atoms with Crippen LogP contribution in [0.25, 0.3) is 11.6 Å². The summed E-state index contributed by atoms with van der Waals surface area (Å²) in [7, 11) is 0. The van der Waals surface area contributed by atoms with Crippen molar-refractivity contribution in [2.24, 2.45) is 0 Å². The van der Waals surface area contributed by atoms with Crippen molar-refractivity contribution in [3.63, 3.8) is 0 Å².